The van der Waals surface area contributed by atoms with Crippen LogP contribution in [0.3, 0.4) is 0 Å². The zero-order valence-electron chi connectivity index (χ0n) is 24.2. The number of halogens is 2. The monoisotopic (exact) mass is 603 g/mol. The van der Waals surface area contributed by atoms with Crippen LogP contribution in [-0.2, 0) is 17.8 Å². The number of amides is 1. The van der Waals surface area contributed by atoms with Gasteiger partial charge >= 0.3 is 6.01 Å². The average molecular weight is 604 g/mol. The van der Waals surface area contributed by atoms with Crippen molar-refractivity contribution < 1.29 is 13.9 Å². The highest BCUT2D eigenvalue weighted by atomic mass is 35.5. The minimum atomic E-state index is -0.886. The van der Waals surface area contributed by atoms with Crippen LogP contribution in [0.2, 0.25) is 5.02 Å². The number of hydrogen-bond donors (Lipinski definition) is 1. The van der Waals surface area contributed by atoms with Gasteiger partial charge in [0.25, 0.3) is 5.91 Å². The molecule has 1 aromatic heterocycles. The second-order valence-corrected chi connectivity index (χ2v) is 11.9. The summed E-state index contributed by atoms with van der Waals surface area (Å²) < 4.78 is 21.7. The van der Waals surface area contributed by atoms with E-state index >= 15 is 4.39 Å². The molecule has 0 unspecified atom stereocenters. The number of rotatable bonds is 7. The van der Waals surface area contributed by atoms with Gasteiger partial charge in [-0.3, -0.25) is 4.79 Å². The number of benzene rings is 2. The van der Waals surface area contributed by atoms with Gasteiger partial charge in [-0.15, -0.1) is 0 Å². The summed E-state index contributed by atoms with van der Waals surface area (Å²) in [6, 6.07) is 14.4. The molecule has 3 aliphatic heterocycles. The maximum absolute atomic E-state index is 15.6. The predicted molar refractivity (Wildman–Crippen MR) is 165 cm³/mol. The van der Waals surface area contributed by atoms with Crippen LogP contribution in [0, 0.1) is 11.3 Å². The van der Waals surface area contributed by atoms with E-state index in [2.05, 4.69) is 39.3 Å². The predicted octanol–water partition coefficient (Wildman–Crippen LogP) is 4.34. The Balaban J connectivity index is 1.31. The molecule has 4 heterocycles. The largest absolute Gasteiger partial charge is 0.462 e. The third-order valence-corrected chi connectivity index (χ3v) is 8.99. The van der Waals surface area contributed by atoms with Crippen LogP contribution in [0.4, 0.5) is 10.1 Å². The molecule has 3 aliphatic rings. The van der Waals surface area contributed by atoms with Crippen LogP contribution in [0.15, 0.2) is 42.2 Å². The van der Waals surface area contributed by atoms with Gasteiger partial charge in [0.2, 0.25) is 0 Å². The lowest BCUT2D eigenvalue weighted by Crippen LogP contribution is -2.52. The number of nitrogens with zero attached hydrogens (tertiary/aromatic N) is 6. The Labute approximate surface area is 255 Å². The normalized spacial score (nSPS) is 21.1. The Morgan fingerprint density at radius 1 is 1.23 bits per heavy atom. The molecule has 2 saturated heterocycles. The number of nitrogens with one attached hydrogen (secondary N) is 1. The molecule has 0 radical (unpaired) electrons. The van der Waals surface area contributed by atoms with Crippen molar-refractivity contribution in [2.75, 3.05) is 51.3 Å². The van der Waals surface area contributed by atoms with Crippen molar-refractivity contribution in [2.24, 2.45) is 0 Å². The second kappa shape index (κ2) is 12.8. The Morgan fingerprint density at radius 3 is 2.86 bits per heavy atom. The molecule has 0 aliphatic carbocycles. The first-order chi connectivity index (χ1) is 20.9. The first-order valence-electron chi connectivity index (χ1n) is 14.8. The SMILES string of the molecule is CN1CCC[C@H]1COc1nc(C=C(F)C(=O)N2CCN[C@@H](CC#N)C2)c2c(n1)CN(c1cccc3cccc(Cl)c13)CC2. The molecular formula is C32H35ClFN7O2. The Bertz CT molecular complexity index is 1590. The van der Waals surface area contributed by atoms with Crippen LogP contribution < -0.4 is 15.0 Å². The lowest BCUT2D eigenvalue weighted by Gasteiger charge is -2.32. The zero-order chi connectivity index (χ0) is 29.9. The molecule has 0 saturated carbocycles. The van der Waals surface area contributed by atoms with Gasteiger partial charge in [-0.2, -0.15) is 15.2 Å². The second-order valence-electron chi connectivity index (χ2n) is 11.4. The van der Waals surface area contributed by atoms with E-state index in [0.29, 0.717) is 49.9 Å². The number of piperazine rings is 1. The van der Waals surface area contributed by atoms with E-state index in [-0.39, 0.29) is 31.1 Å². The number of aromatic nitrogens is 2. The van der Waals surface area contributed by atoms with Crippen LogP contribution >= 0.6 is 11.6 Å². The van der Waals surface area contributed by atoms with E-state index in [9.17, 15) is 4.79 Å². The lowest BCUT2D eigenvalue weighted by molar-refractivity contribution is -0.129. The molecular weight excluding hydrogens is 569 g/mol. The highest BCUT2D eigenvalue weighted by Gasteiger charge is 2.29. The number of hydrogen-bond acceptors (Lipinski definition) is 8. The molecule has 6 rings (SSSR count). The number of fused-ring (bicyclic) bond motifs is 2. The number of likely N-dealkylation sites (N-methyl/N-ethyl adjacent to an activating group) is 1. The standard InChI is InChI=1S/C32H35ClFN7O2/c1-39-14-4-7-23(39)20-43-32-37-27(17-26(34)31(42)41-16-13-36-22(18-41)10-12-35)24-11-15-40(19-28(24)38-32)29-9-3-6-21-5-2-8-25(33)30(21)29/h2-3,5-6,8-9,17,22-23,36H,4,7,10-11,13-16,18-20H2,1H3/t22-,23-/m0/s1. The van der Waals surface area contributed by atoms with Crippen molar-refractivity contribution in [1.82, 2.24) is 25.1 Å². The molecule has 0 spiro atoms. The van der Waals surface area contributed by atoms with E-state index in [1.165, 1.54) is 11.0 Å². The van der Waals surface area contributed by atoms with E-state index in [4.69, 9.17) is 26.6 Å². The van der Waals surface area contributed by atoms with E-state index < -0.39 is 11.7 Å². The highest BCUT2D eigenvalue weighted by molar-refractivity contribution is 6.36. The maximum atomic E-state index is 15.6. The summed E-state index contributed by atoms with van der Waals surface area (Å²) in [6.45, 7) is 3.73. The quantitative estimate of drug-likeness (QED) is 0.398. The molecule has 2 atom stereocenters. The highest BCUT2D eigenvalue weighted by Crippen LogP contribution is 2.36. The third-order valence-electron chi connectivity index (χ3n) is 8.67. The summed E-state index contributed by atoms with van der Waals surface area (Å²) in [5, 5.41) is 15.0. The fraction of sp³-hybridized carbons (Fsp3) is 0.438. The summed E-state index contributed by atoms with van der Waals surface area (Å²) in [6.07, 6.45) is 4.19. The number of nitriles is 1. The molecule has 9 nitrogen and oxygen atoms in total. The van der Waals surface area contributed by atoms with Crippen LogP contribution in [0.5, 0.6) is 6.01 Å². The van der Waals surface area contributed by atoms with Crippen LogP contribution in [-0.4, -0.2) is 84.1 Å². The van der Waals surface area contributed by atoms with Crippen LogP contribution in [0.1, 0.15) is 36.2 Å². The number of ether oxygens (including phenoxy) is 1. The minimum Gasteiger partial charge on any atom is -0.462 e. The summed E-state index contributed by atoms with van der Waals surface area (Å²) in [5.74, 6) is -1.59. The lowest BCUT2D eigenvalue weighted by atomic mass is 10.00. The van der Waals surface area contributed by atoms with Gasteiger partial charge in [-0.25, -0.2) is 4.39 Å². The molecule has 2 fully saturated rings. The van der Waals surface area contributed by atoms with E-state index in [1.807, 2.05) is 30.3 Å². The molecule has 2 aromatic carbocycles. The maximum Gasteiger partial charge on any atom is 0.317 e. The summed E-state index contributed by atoms with van der Waals surface area (Å²) >= 11 is 6.64. The fourth-order valence-electron chi connectivity index (χ4n) is 6.32. The Hall–Kier alpha value is -3.78. The minimum absolute atomic E-state index is 0.176. The van der Waals surface area contributed by atoms with Gasteiger partial charge in [-0.05, 0) is 50.4 Å². The average Bonchev–Trinajstić information content (AvgIpc) is 3.43. The smallest absolute Gasteiger partial charge is 0.317 e. The summed E-state index contributed by atoms with van der Waals surface area (Å²) in [4.78, 5) is 28.5. The van der Waals surface area contributed by atoms with Gasteiger partial charge in [0.15, 0.2) is 5.83 Å². The van der Waals surface area contributed by atoms with Crippen molar-refractivity contribution >= 4 is 40.0 Å². The van der Waals surface area contributed by atoms with Gasteiger partial charge < -0.3 is 24.8 Å². The first-order valence-corrected chi connectivity index (χ1v) is 15.2. The third kappa shape index (κ3) is 6.30. The topological polar surface area (TPSA) is 97.6 Å². The van der Waals surface area contributed by atoms with Gasteiger partial charge in [-0.1, -0.05) is 35.9 Å². The van der Waals surface area contributed by atoms with Crippen LogP contribution in [0.25, 0.3) is 16.8 Å². The van der Waals surface area contributed by atoms with Crippen molar-refractivity contribution in [3.05, 3.63) is 64.2 Å². The number of anilines is 1. The van der Waals surface area contributed by atoms with Crippen molar-refractivity contribution in [3.8, 4) is 12.1 Å². The summed E-state index contributed by atoms with van der Waals surface area (Å²) in [7, 11) is 2.08. The molecule has 3 aromatic rings. The first kappa shape index (κ1) is 29.3. The fourth-order valence-corrected chi connectivity index (χ4v) is 6.59. The number of carbonyl (C=O) groups is 1. The molecule has 43 heavy (non-hydrogen) atoms. The molecule has 0 bridgehead atoms. The van der Waals surface area contributed by atoms with E-state index in [1.54, 1.807) is 0 Å². The molecule has 224 valence electrons. The molecule has 11 heteroatoms. The number of carbonyl (C=O) groups excluding carboxylic acids is 1. The van der Waals surface area contributed by atoms with E-state index in [0.717, 1.165) is 47.1 Å². The zero-order valence-corrected chi connectivity index (χ0v) is 25.0. The van der Waals surface area contributed by atoms with Crippen molar-refractivity contribution in [3.63, 3.8) is 0 Å². The Kier molecular flexibility index (Phi) is 8.75. The molecule has 1 amide bonds. The Morgan fingerprint density at radius 2 is 2.07 bits per heavy atom. The molecule has 1 N–H and O–H groups in total. The van der Waals surface area contributed by atoms with Gasteiger partial charge in [0, 0.05) is 61.0 Å². The van der Waals surface area contributed by atoms with Gasteiger partial charge in [0.05, 0.1) is 35.4 Å². The van der Waals surface area contributed by atoms with Crippen molar-refractivity contribution in [2.45, 2.75) is 44.3 Å². The summed E-state index contributed by atoms with van der Waals surface area (Å²) in [5.41, 5.74) is 2.91. The van der Waals surface area contributed by atoms with Crippen molar-refractivity contribution in [1.29, 1.82) is 5.26 Å². The van der Waals surface area contributed by atoms with Gasteiger partial charge in [0.1, 0.15) is 6.61 Å². The number of likely N-dealkylation sites (tertiary alicyclic amines) is 1.